The molecule has 1 saturated heterocycles. The van der Waals surface area contributed by atoms with E-state index in [2.05, 4.69) is 10.2 Å². The maximum absolute atomic E-state index is 13.0. The average Bonchev–Trinajstić information content (AvgIpc) is 2.79. The van der Waals surface area contributed by atoms with Gasteiger partial charge in [-0.15, -0.1) is 0 Å². The minimum absolute atomic E-state index is 0.0878. The summed E-state index contributed by atoms with van der Waals surface area (Å²) in [5.41, 5.74) is 6.57. The van der Waals surface area contributed by atoms with Gasteiger partial charge in [-0.3, -0.25) is 9.59 Å². The number of hydrogen-bond donors (Lipinski definition) is 2. The van der Waals surface area contributed by atoms with Crippen molar-refractivity contribution in [2.45, 2.75) is 12.8 Å². The number of pyridine rings is 1. The molecule has 1 aliphatic rings. The van der Waals surface area contributed by atoms with Crippen molar-refractivity contribution in [3.8, 4) is 5.75 Å². The van der Waals surface area contributed by atoms with Crippen LogP contribution in [0.2, 0.25) is 0 Å². The molecule has 0 unspecified atom stereocenters. The summed E-state index contributed by atoms with van der Waals surface area (Å²) in [6, 6.07) is 15.0. The molecule has 0 aliphatic carbocycles. The van der Waals surface area contributed by atoms with Gasteiger partial charge in [0.05, 0.1) is 0 Å². The van der Waals surface area contributed by atoms with Crippen molar-refractivity contribution in [2.75, 3.05) is 29.9 Å². The molecule has 3 aromatic rings. The van der Waals surface area contributed by atoms with Gasteiger partial charge >= 0.3 is 0 Å². The topological polar surface area (TPSA) is 97.5 Å². The first kappa shape index (κ1) is 20.6. The predicted octanol–water partition coefficient (Wildman–Crippen LogP) is 3.09. The Labute approximate surface area is 179 Å². The Morgan fingerprint density at radius 3 is 2.55 bits per heavy atom. The first-order valence-corrected chi connectivity index (χ1v) is 10.1. The number of nitrogens with zero attached hydrogens (tertiary/aromatic N) is 2. The second kappa shape index (κ2) is 8.99. The number of rotatable bonds is 6. The lowest BCUT2D eigenvalue weighted by molar-refractivity contribution is -0.122. The number of piperidine rings is 1. The van der Waals surface area contributed by atoms with Crippen LogP contribution in [0.25, 0.3) is 10.9 Å². The zero-order valence-corrected chi connectivity index (χ0v) is 16.9. The van der Waals surface area contributed by atoms with E-state index < -0.39 is 0 Å². The van der Waals surface area contributed by atoms with E-state index in [4.69, 9.17) is 15.5 Å². The Bertz CT molecular complexity index is 1100. The number of amides is 2. The van der Waals surface area contributed by atoms with E-state index >= 15 is 0 Å². The Morgan fingerprint density at radius 1 is 1.10 bits per heavy atom. The smallest absolute Gasteiger partial charge is 0.262 e. The molecule has 1 aromatic heterocycles. The molecule has 2 aromatic carbocycles. The number of primary amides is 1. The molecule has 31 heavy (non-hydrogen) atoms. The quantitative estimate of drug-likeness (QED) is 0.636. The first-order chi connectivity index (χ1) is 15.0. The van der Waals surface area contributed by atoms with Crippen molar-refractivity contribution in [2.24, 2.45) is 11.7 Å². The SMILES string of the molecule is NC(=O)C1CCN(c2ccc3cccc(OCC(=O)Nc4ccc(F)cc4)c3n2)CC1. The van der Waals surface area contributed by atoms with Gasteiger partial charge < -0.3 is 20.7 Å². The fourth-order valence-electron chi connectivity index (χ4n) is 3.67. The third kappa shape index (κ3) is 4.91. The van der Waals surface area contributed by atoms with E-state index in [9.17, 15) is 14.0 Å². The summed E-state index contributed by atoms with van der Waals surface area (Å²) in [5, 5.41) is 3.56. The van der Waals surface area contributed by atoms with E-state index in [0.717, 1.165) is 11.2 Å². The number of para-hydroxylation sites is 1. The molecule has 0 atom stereocenters. The van der Waals surface area contributed by atoms with Crippen LogP contribution in [0.3, 0.4) is 0 Å². The van der Waals surface area contributed by atoms with Crippen molar-refractivity contribution >= 4 is 34.2 Å². The summed E-state index contributed by atoms with van der Waals surface area (Å²) >= 11 is 0. The lowest BCUT2D eigenvalue weighted by Gasteiger charge is -2.31. The summed E-state index contributed by atoms with van der Waals surface area (Å²) < 4.78 is 18.7. The Balaban J connectivity index is 1.45. The highest BCUT2D eigenvalue weighted by atomic mass is 19.1. The van der Waals surface area contributed by atoms with Crippen LogP contribution in [0.15, 0.2) is 54.6 Å². The number of anilines is 2. The lowest BCUT2D eigenvalue weighted by Crippen LogP contribution is -2.38. The number of benzene rings is 2. The number of nitrogens with two attached hydrogens (primary N) is 1. The van der Waals surface area contributed by atoms with Crippen molar-refractivity contribution in [3.05, 3.63) is 60.4 Å². The zero-order chi connectivity index (χ0) is 21.8. The van der Waals surface area contributed by atoms with Crippen LogP contribution in [0.5, 0.6) is 5.75 Å². The minimum Gasteiger partial charge on any atom is -0.481 e. The molecule has 0 radical (unpaired) electrons. The van der Waals surface area contributed by atoms with Gasteiger partial charge in [-0.25, -0.2) is 9.37 Å². The van der Waals surface area contributed by atoms with Crippen molar-refractivity contribution in [1.82, 2.24) is 4.98 Å². The van der Waals surface area contributed by atoms with Gasteiger partial charge in [0.15, 0.2) is 6.61 Å². The van der Waals surface area contributed by atoms with Crippen LogP contribution in [0.4, 0.5) is 15.9 Å². The fraction of sp³-hybridized carbons (Fsp3) is 0.261. The number of fused-ring (bicyclic) bond motifs is 1. The van der Waals surface area contributed by atoms with Crippen LogP contribution in [-0.2, 0) is 9.59 Å². The molecule has 1 aliphatic heterocycles. The van der Waals surface area contributed by atoms with Crippen molar-refractivity contribution in [1.29, 1.82) is 0 Å². The van der Waals surface area contributed by atoms with E-state index in [1.54, 1.807) is 6.07 Å². The maximum atomic E-state index is 13.0. The summed E-state index contributed by atoms with van der Waals surface area (Å²) in [5.74, 6) is 0.234. The van der Waals surface area contributed by atoms with E-state index in [1.807, 2.05) is 24.3 Å². The highest BCUT2D eigenvalue weighted by molar-refractivity contribution is 5.92. The molecule has 0 saturated carbocycles. The zero-order valence-electron chi connectivity index (χ0n) is 16.9. The summed E-state index contributed by atoms with van der Waals surface area (Å²) in [7, 11) is 0. The largest absolute Gasteiger partial charge is 0.481 e. The van der Waals surface area contributed by atoms with Gasteiger partial charge in [0.25, 0.3) is 5.91 Å². The number of halogens is 1. The number of nitrogens with one attached hydrogen (secondary N) is 1. The molecule has 8 heteroatoms. The molecular weight excluding hydrogens is 399 g/mol. The molecule has 7 nitrogen and oxygen atoms in total. The Hall–Kier alpha value is -3.68. The number of ether oxygens (including phenoxy) is 1. The third-order valence-electron chi connectivity index (χ3n) is 5.38. The number of aromatic nitrogens is 1. The maximum Gasteiger partial charge on any atom is 0.262 e. The van der Waals surface area contributed by atoms with Crippen LogP contribution >= 0.6 is 0 Å². The molecule has 0 spiro atoms. The highest BCUT2D eigenvalue weighted by Gasteiger charge is 2.24. The number of carbonyl (C=O) groups is 2. The van der Waals surface area contributed by atoms with Crippen LogP contribution in [-0.4, -0.2) is 36.5 Å². The fourth-order valence-corrected chi connectivity index (χ4v) is 3.67. The third-order valence-corrected chi connectivity index (χ3v) is 5.38. The van der Waals surface area contributed by atoms with Gasteiger partial charge in [0.1, 0.15) is 22.9 Å². The molecule has 0 bridgehead atoms. The molecule has 1 fully saturated rings. The summed E-state index contributed by atoms with van der Waals surface area (Å²) in [6.45, 7) is 1.21. The molecule has 2 amide bonds. The van der Waals surface area contributed by atoms with Crippen LogP contribution in [0, 0.1) is 11.7 Å². The number of hydrogen-bond acceptors (Lipinski definition) is 5. The molecule has 4 rings (SSSR count). The van der Waals surface area contributed by atoms with Crippen LogP contribution < -0.4 is 20.7 Å². The van der Waals surface area contributed by atoms with Crippen LogP contribution in [0.1, 0.15) is 12.8 Å². The monoisotopic (exact) mass is 422 g/mol. The highest BCUT2D eigenvalue weighted by Crippen LogP contribution is 2.28. The van der Waals surface area contributed by atoms with Gasteiger partial charge in [-0.2, -0.15) is 0 Å². The second-order valence-electron chi connectivity index (χ2n) is 7.50. The second-order valence-corrected chi connectivity index (χ2v) is 7.50. The summed E-state index contributed by atoms with van der Waals surface area (Å²) in [4.78, 5) is 30.5. The molecule has 3 N–H and O–H groups in total. The number of carbonyl (C=O) groups excluding carboxylic acids is 2. The standard InChI is InChI=1S/C23H23FN4O3/c24-17-5-7-18(8-6-17)26-21(29)14-31-19-3-1-2-15-4-9-20(27-22(15)19)28-12-10-16(11-13-28)23(25)30/h1-9,16H,10-14H2,(H2,25,30)(H,26,29). The van der Waals surface area contributed by atoms with Crippen molar-refractivity contribution < 1.29 is 18.7 Å². The average molecular weight is 422 g/mol. The van der Waals surface area contributed by atoms with E-state index in [0.29, 0.717) is 42.9 Å². The van der Waals surface area contributed by atoms with Gasteiger partial charge in [-0.1, -0.05) is 12.1 Å². The van der Waals surface area contributed by atoms with Gasteiger partial charge in [0, 0.05) is 30.1 Å². The van der Waals surface area contributed by atoms with Gasteiger partial charge in [0.2, 0.25) is 5.91 Å². The molecule has 2 heterocycles. The minimum atomic E-state index is -0.370. The Morgan fingerprint density at radius 2 is 1.84 bits per heavy atom. The van der Waals surface area contributed by atoms with E-state index in [1.165, 1.54) is 24.3 Å². The first-order valence-electron chi connectivity index (χ1n) is 10.1. The molecule has 160 valence electrons. The van der Waals surface area contributed by atoms with E-state index in [-0.39, 0.29) is 30.2 Å². The lowest BCUT2D eigenvalue weighted by atomic mass is 9.96. The van der Waals surface area contributed by atoms with Crippen molar-refractivity contribution in [3.63, 3.8) is 0 Å². The predicted molar refractivity (Wildman–Crippen MR) is 116 cm³/mol. The summed E-state index contributed by atoms with van der Waals surface area (Å²) in [6.07, 6.45) is 1.41. The Kier molecular flexibility index (Phi) is 5.97. The van der Waals surface area contributed by atoms with Gasteiger partial charge in [-0.05, 0) is 55.3 Å². The normalized spacial score (nSPS) is 14.4. The molecular formula is C23H23FN4O3.